The molecule has 1 aromatic heterocycles. The standard InChI is InChI=1S/C16H20Cl2N4OS/c1-3-4-11(13-6-5-12(17)7-14(13)18)8-19-15(23)9-24-16-20-10(2)21-22-16/h5-7,11H,3-4,8-9H2,1-2H3,(H,19,23)(H,20,21,22). The molecule has 130 valence electrons. The molecule has 0 aliphatic heterocycles. The van der Waals surface area contributed by atoms with E-state index in [0.717, 1.165) is 24.2 Å². The lowest BCUT2D eigenvalue weighted by atomic mass is 9.94. The highest BCUT2D eigenvalue weighted by Crippen LogP contribution is 2.30. The van der Waals surface area contributed by atoms with Crippen LogP contribution in [0.4, 0.5) is 0 Å². The normalized spacial score (nSPS) is 12.2. The third kappa shape index (κ3) is 5.69. The van der Waals surface area contributed by atoms with E-state index in [1.807, 2.05) is 19.1 Å². The van der Waals surface area contributed by atoms with Crippen molar-refractivity contribution in [3.8, 4) is 0 Å². The highest BCUT2D eigenvalue weighted by atomic mass is 35.5. The number of carbonyl (C=O) groups is 1. The summed E-state index contributed by atoms with van der Waals surface area (Å²) in [6, 6.07) is 5.50. The van der Waals surface area contributed by atoms with Crippen LogP contribution in [0.2, 0.25) is 10.0 Å². The second kappa shape index (κ2) is 9.30. The molecule has 1 unspecified atom stereocenters. The van der Waals surface area contributed by atoms with Gasteiger partial charge in [0.2, 0.25) is 11.1 Å². The van der Waals surface area contributed by atoms with Gasteiger partial charge < -0.3 is 5.32 Å². The predicted octanol–water partition coefficient (Wildman–Crippen LogP) is 4.21. The van der Waals surface area contributed by atoms with Crippen molar-refractivity contribution in [1.82, 2.24) is 20.5 Å². The summed E-state index contributed by atoms with van der Waals surface area (Å²) >= 11 is 13.6. The van der Waals surface area contributed by atoms with Crippen LogP contribution in [0.1, 0.15) is 37.1 Å². The number of nitrogens with one attached hydrogen (secondary N) is 2. The van der Waals surface area contributed by atoms with Crippen LogP contribution < -0.4 is 5.32 Å². The Bertz CT molecular complexity index is 692. The van der Waals surface area contributed by atoms with Crippen molar-refractivity contribution in [3.05, 3.63) is 39.6 Å². The first-order valence-electron chi connectivity index (χ1n) is 7.73. The molecular formula is C16H20Cl2N4OS. The molecule has 0 fully saturated rings. The number of thioether (sulfide) groups is 1. The Kier molecular flexibility index (Phi) is 7.40. The van der Waals surface area contributed by atoms with E-state index in [9.17, 15) is 4.79 Å². The van der Waals surface area contributed by atoms with Gasteiger partial charge in [-0.15, -0.1) is 5.10 Å². The fourth-order valence-electron chi connectivity index (χ4n) is 2.35. The Morgan fingerprint density at radius 1 is 1.42 bits per heavy atom. The summed E-state index contributed by atoms with van der Waals surface area (Å²) < 4.78 is 0. The second-order valence-corrected chi connectivity index (χ2v) is 7.23. The molecule has 1 aromatic carbocycles. The van der Waals surface area contributed by atoms with E-state index in [1.165, 1.54) is 11.8 Å². The first-order chi connectivity index (χ1) is 11.5. The zero-order valence-electron chi connectivity index (χ0n) is 13.6. The zero-order chi connectivity index (χ0) is 17.5. The summed E-state index contributed by atoms with van der Waals surface area (Å²) in [6.45, 7) is 4.48. The number of aromatic amines is 1. The lowest BCUT2D eigenvalue weighted by Gasteiger charge is -2.19. The maximum absolute atomic E-state index is 12.1. The number of benzene rings is 1. The third-order valence-corrected chi connectivity index (χ3v) is 4.90. The molecule has 1 heterocycles. The van der Waals surface area contributed by atoms with Gasteiger partial charge in [-0.05, 0) is 31.0 Å². The van der Waals surface area contributed by atoms with Crippen molar-refractivity contribution >= 4 is 40.9 Å². The van der Waals surface area contributed by atoms with Crippen LogP contribution in [0, 0.1) is 6.92 Å². The molecule has 24 heavy (non-hydrogen) atoms. The quantitative estimate of drug-likeness (QED) is 0.666. The van der Waals surface area contributed by atoms with Crippen molar-refractivity contribution in [3.63, 3.8) is 0 Å². The number of hydrogen-bond acceptors (Lipinski definition) is 4. The molecule has 1 atom stereocenters. The predicted molar refractivity (Wildman–Crippen MR) is 99.0 cm³/mol. The van der Waals surface area contributed by atoms with Crippen LogP contribution in [0.3, 0.4) is 0 Å². The monoisotopic (exact) mass is 386 g/mol. The number of halogens is 2. The van der Waals surface area contributed by atoms with Crippen LogP contribution in [-0.4, -0.2) is 33.4 Å². The Balaban J connectivity index is 1.89. The average Bonchev–Trinajstić information content (AvgIpc) is 2.95. The summed E-state index contributed by atoms with van der Waals surface area (Å²) in [5.74, 6) is 1.14. The smallest absolute Gasteiger partial charge is 0.230 e. The number of amides is 1. The molecule has 0 radical (unpaired) electrons. The summed E-state index contributed by atoms with van der Waals surface area (Å²) in [6.07, 6.45) is 1.94. The Labute approximate surface area is 155 Å². The van der Waals surface area contributed by atoms with E-state index in [1.54, 1.807) is 6.07 Å². The van der Waals surface area contributed by atoms with E-state index in [-0.39, 0.29) is 17.6 Å². The molecule has 0 spiro atoms. The third-order valence-electron chi connectivity index (χ3n) is 3.49. The molecule has 0 bridgehead atoms. The Morgan fingerprint density at radius 3 is 2.83 bits per heavy atom. The number of hydrogen-bond donors (Lipinski definition) is 2. The minimum absolute atomic E-state index is 0.0476. The van der Waals surface area contributed by atoms with Gasteiger partial charge in [-0.3, -0.25) is 9.89 Å². The van der Waals surface area contributed by atoms with Crippen LogP contribution in [0.5, 0.6) is 0 Å². The Hall–Kier alpha value is -1.24. The maximum atomic E-state index is 12.1. The minimum Gasteiger partial charge on any atom is -0.355 e. The highest BCUT2D eigenvalue weighted by molar-refractivity contribution is 7.99. The molecule has 5 nitrogen and oxygen atoms in total. The summed E-state index contributed by atoms with van der Waals surface area (Å²) in [5.41, 5.74) is 1.01. The number of rotatable bonds is 8. The van der Waals surface area contributed by atoms with Crippen LogP contribution >= 0.6 is 35.0 Å². The molecule has 0 aliphatic carbocycles. The van der Waals surface area contributed by atoms with Gasteiger partial charge in [0.15, 0.2) is 0 Å². The van der Waals surface area contributed by atoms with Gasteiger partial charge in [-0.1, -0.05) is 54.4 Å². The minimum atomic E-state index is -0.0476. The number of aromatic nitrogens is 3. The molecule has 1 amide bonds. The molecule has 8 heteroatoms. The van der Waals surface area contributed by atoms with E-state index < -0.39 is 0 Å². The number of aryl methyl sites for hydroxylation is 1. The van der Waals surface area contributed by atoms with Crippen LogP contribution in [-0.2, 0) is 4.79 Å². The summed E-state index contributed by atoms with van der Waals surface area (Å²) in [5, 5.41) is 11.5. The average molecular weight is 387 g/mol. The van der Waals surface area contributed by atoms with Gasteiger partial charge >= 0.3 is 0 Å². The fraction of sp³-hybridized carbons (Fsp3) is 0.438. The first-order valence-corrected chi connectivity index (χ1v) is 9.47. The van der Waals surface area contributed by atoms with Crippen molar-refractivity contribution in [1.29, 1.82) is 0 Å². The van der Waals surface area contributed by atoms with Gasteiger partial charge in [0.1, 0.15) is 5.82 Å². The largest absolute Gasteiger partial charge is 0.355 e. The molecule has 2 aromatic rings. The molecule has 2 N–H and O–H groups in total. The number of nitrogens with zero attached hydrogens (tertiary/aromatic N) is 2. The van der Waals surface area contributed by atoms with Crippen LogP contribution in [0.15, 0.2) is 23.4 Å². The van der Waals surface area contributed by atoms with E-state index in [2.05, 4.69) is 27.4 Å². The lowest BCUT2D eigenvalue weighted by Crippen LogP contribution is -2.30. The van der Waals surface area contributed by atoms with E-state index in [4.69, 9.17) is 23.2 Å². The molecule has 0 saturated carbocycles. The number of carbonyl (C=O) groups excluding carboxylic acids is 1. The number of H-pyrrole nitrogens is 1. The highest BCUT2D eigenvalue weighted by Gasteiger charge is 2.16. The zero-order valence-corrected chi connectivity index (χ0v) is 15.9. The van der Waals surface area contributed by atoms with Gasteiger partial charge in [-0.2, -0.15) is 0 Å². The van der Waals surface area contributed by atoms with Crippen molar-refractivity contribution < 1.29 is 4.79 Å². The van der Waals surface area contributed by atoms with E-state index >= 15 is 0 Å². The SMILES string of the molecule is CCCC(CNC(=O)CSc1n[nH]c(C)n1)c1ccc(Cl)cc1Cl. The van der Waals surface area contributed by atoms with Gasteiger partial charge in [-0.25, -0.2) is 4.98 Å². The van der Waals surface area contributed by atoms with Gasteiger partial charge in [0.25, 0.3) is 0 Å². The summed E-state index contributed by atoms with van der Waals surface area (Å²) in [7, 11) is 0. The van der Waals surface area contributed by atoms with Gasteiger partial charge in [0, 0.05) is 22.5 Å². The van der Waals surface area contributed by atoms with Crippen molar-refractivity contribution in [2.45, 2.75) is 37.8 Å². The summed E-state index contributed by atoms with van der Waals surface area (Å²) in [4.78, 5) is 16.2. The first kappa shape index (κ1) is 19.1. The molecule has 0 aliphatic rings. The van der Waals surface area contributed by atoms with Crippen molar-refractivity contribution in [2.24, 2.45) is 0 Å². The van der Waals surface area contributed by atoms with E-state index in [0.29, 0.717) is 21.7 Å². The molecule has 2 rings (SSSR count). The maximum Gasteiger partial charge on any atom is 0.230 e. The van der Waals surface area contributed by atoms with Crippen molar-refractivity contribution in [2.75, 3.05) is 12.3 Å². The second-order valence-electron chi connectivity index (χ2n) is 5.45. The van der Waals surface area contributed by atoms with Gasteiger partial charge in [0.05, 0.1) is 5.75 Å². The fourth-order valence-corrected chi connectivity index (χ4v) is 3.59. The van der Waals surface area contributed by atoms with Crippen LogP contribution in [0.25, 0.3) is 0 Å². The molecule has 0 saturated heterocycles. The lowest BCUT2D eigenvalue weighted by molar-refractivity contribution is -0.118. The Morgan fingerprint density at radius 2 is 2.21 bits per heavy atom. The molecular weight excluding hydrogens is 367 g/mol. The topological polar surface area (TPSA) is 70.7 Å².